The van der Waals surface area contributed by atoms with Gasteiger partial charge in [-0.1, -0.05) is 0 Å². The second kappa shape index (κ2) is 7.12. The lowest BCUT2D eigenvalue weighted by atomic mass is 10.2. The number of alkyl halides is 3. The first kappa shape index (κ1) is 17.5. The van der Waals surface area contributed by atoms with Crippen LogP contribution < -0.4 is 5.32 Å². The number of carbonyl (C=O) groups is 2. The quantitative estimate of drug-likeness (QED) is 0.869. The minimum absolute atomic E-state index is 0.164. The molecule has 5 nitrogen and oxygen atoms in total. The van der Waals surface area contributed by atoms with Gasteiger partial charge in [0, 0.05) is 18.1 Å². The SMILES string of the molecule is CC(OC(=O)c1cccnc1)C(=O)Nc1ccc(C(F)(F)F)cc1. The van der Waals surface area contributed by atoms with Crippen LogP contribution in [0.15, 0.2) is 48.8 Å². The number of esters is 1. The number of hydrogen-bond acceptors (Lipinski definition) is 4. The van der Waals surface area contributed by atoms with Gasteiger partial charge in [0.2, 0.25) is 0 Å². The molecule has 1 unspecified atom stereocenters. The van der Waals surface area contributed by atoms with Gasteiger partial charge in [-0.3, -0.25) is 9.78 Å². The highest BCUT2D eigenvalue weighted by Gasteiger charge is 2.30. The summed E-state index contributed by atoms with van der Waals surface area (Å²) in [6.07, 6.45) is -2.80. The molecule has 1 heterocycles. The Morgan fingerprint density at radius 1 is 1.17 bits per heavy atom. The van der Waals surface area contributed by atoms with Crippen molar-refractivity contribution in [3.63, 3.8) is 0 Å². The third kappa shape index (κ3) is 4.55. The van der Waals surface area contributed by atoms with E-state index >= 15 is 0 Å². The number of amides is 1. The van der Waals surface area contributed by atoms with E-state index in [0.29, 0.717) is 0 Å². The normalized spacial score (nSPS) is 12.3. The van der Waals surface area contributed by atoms with Crippen LogP contribution in [0.3, 0.4) is 0 Å². The first-order valence-electron chi connectivity index (χ1n) is 6.86. The Kier molecular flexibility index (Phi) is 5.18. The average molecular weight is 338 g/mol. The van der Waals surface area contributed by atoms with E-state index < -0.39 is 29.7 Å². The Morgan fingerprint density at radius 3 is 2.38 bits per heavy atom. The number of anilines is 1. The molecule has 0 aliphatic heterocycles. The van der Waals surface area contributed by atoms with Crippen molar-refractivity contribution >= 4 is 17.6 Å². The Balaban J connectivity index is 1.95. The number of ether oxygens (including phenoxy) is 1. The maximum absolute atomic E-state index is 12.5. The van der Waals surface area contributed by atoms with Crippen molar-refractivity contribution in [3.05, 3.63) is 59.9 Å². The number of hydrogen-bond donors (Lipinski definition) is 1. The fourth-order valence-electron chi connectivity index (χ4n) is 1.75. The lowest BCUT2D eigenvalue weighted by Crippen LogP contribution is -2.30. The van der Waals surface area contributed by atoms with Gasteiger partial charge in [-0.15, -0.1) is 0 Å². The minimum Gasteiger partial charge on any atom is -0.449 e. The number of halogens is 3. The van der Waals surface area contributed by atoms with Crippen LogP contribution in [0.25, 0.3) is 0 Å². The summed E-state index contributed by atoms with van der Waals surface area (Å²) in [6.45, 7) is 1.35. The third-order valence-electron chi connectivity index (χ3n) is 3.03. The summed E-state index contributed by atoms with van der Waals surface area (Å²) in [5.74, 6) is -1.38. The summed E-state index contributed by atoms with van der Waals surface area (Å²) in [5, 5.41) is 2.38. The van der Waals surface area contributed by atoms with E-state index in [9.17, 15) is 22.8 Å². The molecule has 24 heavy (non-hydrogen) atoms. The second-order valence-corrected chi connectivity index (χ2v) is 4.85. The molecule has 8 heteroatoms. The Bertz CT molecular complexity index is 716. The predicted molar refractivity (Wildman–Crippen MR) is 79.2 cm³/mol. The molecule has 0 spiro atoms. The summed E-state index contributed by atoms with van der Waals surface area (Å²) < 4.78 is 42.4. The summed E-state index contributed by atoms with van der Waals surface area (Å²) in [7, 11) is 0. The predicted octanol–water partition coefficient (Wildman–Crippen LogP) is 3.28. The summed E-state index contributed by atoms with van der Waals surface area (Å²) in [5.41, 5.74) is -0.472. The number of carbonyl (C=O) groups excluding carboxylic acids is 2. The molecule has 0 aliphatic rings. The number of rotatable bonds is 4. The fourth-order valence-corrected chi connectivity index (χ4v) is 1.75. The fraction of sp³-hybridized carbons (Fsp3) is 0.188. The molecule has 1 N–H and O–H groups in total. The van der Waals surface area contributed by atoms with Crippen LogP contribution in [-0.4, -0.2) is 23.0 Å². The van der Waals surface area contributed by atoms with Crippen LogP contribution >= 0.6 is 0 Å². The van der Waals surface area contributed by atoms with E-state index in [1.165, 1.54) is 25.4 Å². The van der Waals surface area contributed by atoms with Crippen molar-refractivity contribution in [1.82, 2.24) is 4.98 Å². The molecule has 0 saturated heterocycles. The topological polar surface area (TPSA) is 68.3 Å². The van der Waals surface area contributed by atoms with E-state index in [4.69, 9.17) is 4.74 Å². The zero-order valence-electron chi connectivity index (χ0n) is 12.5. The van der Waals surface area contributed by atoms with Crippen molar-refractivity contribution in [2.24, 2.45) is 0 Å². The maximum Gasteiger partial charge on any atom is 0.416 e. The molecule has 0 saturated carbocycles. The molecule has 0 fully saturated rings. The van der Waals surface area contributed by atoms with Gasteiger partial charge in [-0.25, -0.2) is 4.79 Å². The number of nitrogens with one attached hydrogen (secondary N) is 1. The Labute approximate surface area is 135 Å². The molecule has 1 aromatic heterocycles. The molecule has 1 atom stereocenters. The van der Waals surface area contributed by atoms with Crippen LogP contribution in [0.4, 0.5) is 18.9 Å². The van der Waals surface area contributed by atoms with E-state index in [1.54, 1.807) is 6.07 Å². The van der Waals surface area contributed by atoms with Crippen molar-refractivity contribution in [2.45, 2.75) is 19.2 Å². The van der Waals surface area contributed by atoms with Gasteiger partial charge in [-0.2, -0.15) is 13.2 Å². The average Bonchev–Trinajstić information content (AvgIpc) is 2.55. The van der Waals surface area contributed by atoms with Crippen LogP contribution in [0, 0.1) is 0 Å². The van der Waals surface area contributed by atoms with Gasteiger partial charge in [0.25, 0.3) is 5.91 Å². The van der Waals surface area contributed by atoms with Gasteiger partial charge in [0.05, 0.1) is 11.1 Å². The van der Waals surface area contributed by atoms with Crippen molar-refractivity contribution in [2.75, 3.05) is 5.32 Å². The molecule has 1 aromatic carbocycles. The molecular formula is C16H13F3N2O3. The molecule has 2 aromatic rings. The van der Waals surface area contributed by atoms with Crippen LogP contribution in [0.1, 0.15) is 22.8 Å². The van der Waals surface area contributed by atoms with Crippen molar-refractivity contribution < 1.29 is 27.5 Å². The molecule has 0 radical (unpaired) electrons. The minimum atomic E-state index is -4.45. The van der Waals surface area contributed by atoms with Gasteiger partial charge in [0.15, 0.2) is 6.10 Å². The highest BCUT2D eigenvalue weighted by molar-refractivity contribution is 5.97. The standard InChI is InChI=1S/C16H13F3N2O3/c1-10(24-15(23)11-3-2-8-20-9-11)14(22)21-13-6-4-12(5-7-13)16(17,18)19/h2-10H,1H3,(H,21,22). The highest BCUT2D eigenvalue weighted by Crippen LogP contribution is 2.29. The number of nitrogens with zero attached hydrogens (tertiary/aromatic N) is 1. The van der Waals surface area contributed by atoms with Gasteiger partial charge in [-0.05, 0) is 43.3 Å². The second-order valence-electron chi connectivity index (χ2n) is 4.85. The van der Waals surface area contributed by atoms with E-state index in [1.807, 2.05) is 0 Å². The molecule has 1 amide bonds. The van der Waals surface area contributed by atoms with Crippen molar-refractivity contribution in [3.8, 4) is 0 Å². The number of pyridine rings is 1. The molecular weight excluding hydrogens is 325 g/mol. The largest absolute Gasteiger partial charge is 0.449 e. The van der Waals surface area contributed by atoms with E-state index in [-0.39, 0.29) is 11.3 Å². The molecule has 0 aliphatic carbocycles. The van der Waals surface area contributed by atoms with E-state index in [0.717, 1.165) is 24.3 Å². The highest BCUT2D eigenvalue weighted by atomic mass is 19.4. The zero-order valence-corrected chi connectivity index (χ0v) is 12.5. The van der Waals surface area contributed by atoms with Crippen LogP contribution in [0.5, 0.6) is 0 Å². The first-order valence-corrected chi connectivity index (χ1v) is 6.86. The molecule has 2 rings (SSSR count). The van der Waals surface area contributed by atoms with Gasteiger partial charge < -0.3 is 10.1 Å². The van der Waals surface area contributed by atoms with E-state index in [2.05, 4.69) is 10.3 Å². The van der Waals surface area contributed by atoms with Gasteiger partial charge in [0.1, 0.15) is 0 Å². The smallest absolute Gasteiger partial charge is 0.416 e. The number of aromatic nitrogens is 1. The van der Waals surface area contributed by atoms with Crippen LogP contribution in [0.2, 0.25) is 0 Å². The van der Waals surface area contributed by atoms with Crippen molar-refractivity contribution in [1.29, 1.82) is 0 Å². The lowest BCUT2D eigenvalue weighted by molar-refractivity contribution is -0.137. The Hall–Kier alpha value is -2.90. The summed E-state index contributed by atoms with van der Waals surface area (Å²) >= 11 is 0. The Morgan fingerprint density at radius 2 is 1.83 bits per heavy atom. The third-order valence-corrected chi connectivity index (χ3v) is 3.03. The first-order chi connectivity index (χ1) is 11.3. The monoisotopic (exact) mass is 338 g/mol. The summed E-state index contributed by atoms with van der Waals surface area (Å²) in [6, 6.07) is 6.97. The lowest BCUT2D eigenvalue weighted by Gasteiger charge is -2.14. The number of benzene rings is 1. The molecule has 126 valence electrons. The van der Waals surface area contributed by atoms with Gasteiger partial charge >= 0.3 is 12.1 Å². The molecule has 0 bridgehead atoms. The maximum atomic E-state index is 12.5. The van der Waals surface area contributed by atoms with Crippen LogP contribution in [-0.2, 0) is 15.7 Å². The summed E-state index contributed by atoms with van der Waals surface area (Å²) in [4.78, 5) is 27.5. The zero-order chi connectivity index (χ0) is 17.7.